The minimum Gasteiger partial charge on any atom is -0.312 e. The van der Waals surface area contributed by atoms with E-state index in [0.717, 1.165) is 5.92 Å². The van der Waals surface area contributed by atoms with Crippen LogP contribution in [0.5, 0.6) is 0 Å². The maximum Gasteiger partial charge on any atom is 0.0412 e. The molecule has 17 heavy (non-hydrogen) atoms. The zero-order valence-electron chi connectivity index (χ0n) is 10.9. The molecule has 1 N–H and O–H groups in total. The maximum absolute atomic E-state index is 3.48. The van der Waals surface area contributed by atoms with Crippen LogP contribution in [-0.4, -0.2) is 18.6 Å². The van der Waals surface area contributed by atoms with Gasteiger partial charge < -0.3 is 5.32 Å². The van der Waals surface area contributed by atoms with Gasteiger partial charge in [0.25, 0.3) is 0 Å². The Balaban J connectivity index is 2.16. The summed E-state index contributed by atoms with van der Waals surface area (Å²) in [6.45, 7) is 2.23. The molecule has 1 aliphatic carbocycles. The van der Waals surface area contributed by atoms with Gasteiger partial charge in [-0.05, 0) is 42.7 Å². The highest BCUT2D eigenvalue weighted by atomic mass is 32.2. The maximum atomic E-state index is 3.48. The zero-order valence-corrected chi connectivity index (χ0v) is 11.7. The van der Waals surface area contributed by atoms with E-state index in [4.69, 9.17) is 0 Å². The number of nitrogens with one attached hydrogen (secondary N) is 1. The Labute approximate surface area is 109 Å². The van der Waals surface area contributed by atoms with Crippen LogP contribution in [0.3, 0.4) is 0 Å². The predicted molar refractivity (Wildman–Crippen MR) is 77.8 cm³/mol. The van der Waals surface area contributed by atoms with Crippen molar-refractivity contribution >= 4 is 11.8 Å². The molecular formula is C15H23NS. The van der Waals surface area contributed by atoms with Crippen LogP contribution >= 0.6 is 11.8 Å². The highest BCUT2D eigenvalue weighted by molar-refractivity contribution is 7.99. The molecule has 1 fully saturated rings. The Hall–Kier alpha value is -0.470. The van der Waals surface area contributed by atoms with Gasteiger partial charge in [0.1, 0.15) is 0 Å². The fourth-order valence-corrected chi connectivity index (χ4v) is 3.30. The molecule has 2 rings (SSSR count). The molecule has 0 aliphatic heterocycles. The van der Waals surface area contributed by atoms with Crippen LogP contribution in [0.2, 0.25) is 0 Å². The lowest BCUT2D eigenvalue weighted by molar-refractivity contribution is 0.414. The van der Waals surface area contributed by atoms with Crippen LogP contribution in [0.4, 0.5) is 0 Å². The Morgan fingerprint density at radius 1 is 1.35 bits per heavy atom. The lowest BCUT2D eigenvalue weighted by Crippen LogP contribution is -2.22. The molecule has 0 spiro atoms. The van der Waals surface area contributed by atoms with Gasteiger partial charge in [0.15, 0.2) is 0 Å². The lowest BCUT2D eigenvalue weighted by Gasteiger charge is -2.30. The number of rotatable bonds is 6. The number of benzene rings is 1. The first-order valence-electron chi connectivity index (χ1n) is 6.70. The summed E-state index contributed by atoms with van der Waals surface area (Å²) >= 11 is 2.02. The van der Waals surface area contributed by atoms with Crippen molar-refractivity contribution in [1.29, 1.82) is 0 Å². The van der Waals surface area contributed by atoms with Crippen molar-refractivity contribution in [2.24, 2.45) is 0 Å². The van der Waals surface area contributed by atoms with Crippen LogP contribution in [0.1, 0.15) is 49.3 Å². The van der Waals surface area contributed by atoms with Crippen molar-refractivity contribution in [3.63, 3.8) is 0 Å². The molecule has 0 heterocycles. The molecule has 1 nitrogen and oxygen atoms in total. The van der Waals surface area contributed by atoms with Crippen molar-refractivity contribution in [2.75, 3.05) is 18.6 Å². The van der Waals surface area contributed by atoms with Crippen LogP contribution < -0.4 is 5.32 Å². The average Bonchev–Trinajstić information content (AvgIpc) is 2.30. The van der Waals surface area contributed by atoms with Gasteiger partial charge in [-0.25, -0.2) is 0 Å². The van der Waals surface area contributed by atoms with Gasteiger partial charge in [0, 0.05) is 11.8 Å². The second-order valence-electron chi connectivity index (χ2n) is 4.76. The predicted octanol–water partition coefficient (Wildman–Crippen LogP) is 3.97. The van der Waals surface area contributed by atoms with Crippen LogP contribution in [0.15, 0.2) is 24.3 Å². The molecule has 1 aromatic rings. The smallest absolute Gasteiger partial charge is 0.0412 e. The minimum absolute atomic E-state index is 0.511. The van der Waals surface area contributed by atoms with Crippen molar-refractivity contribution in [2.45, 2.75) is 38.1 Å². The second kappa shape index (κ2) is 6.46. The molecule has 0 aromatic heterocycles. The summed E-state index contributed by atoms with van der Waals surface area (Å²) in [5.41, 5.74) is 3.12. The van der Waals surface area contributed by atoms with Gasteiger partial charge in [-0.1, -0.05) is 37.6 Å². The Bertz CT molecular complexity index is 347. The average molecular weight is 249 g/mol. The largest absolute Gasteiger partial charge is 0.312 e. The summed E-state index contributed by atoms with van der Waals surface area (Å²) in [7, 11) is 2.08. The van der Waals surface area contributed by atoms with E-state index in [1.54, 1.807) is 5.56 Å². The summed E-state index contributed by atoms with van der Waals surface area (Å²) in [4.78, 5) is 0. The first kappa shape index (κ1) is 13.0. The summed E-state index contributed by atoms with van der Waals surface area (Å²) in [6.07, 6.45) is 4.18. The first-order valence-corrected chi connectivity index (χ1v) is 7.86. The Kier molecular flexibility index (Phi) is 4.93. The summed E-state index contributed by atoms with van der Waals surface area (Å²) in [5, 5.41) is 3.48. The van der Waals surface area contributed by atoms with E-state index < -0.39 is 0 Å². The Morgan fingerprint density at radius 3 is 2.71 bits per heavy atom. The lowest BCUT2D eigenvalue weighted by atomic mass is 9.77. The molecule has 1 saturated carbocycles. The number of thioether (sulfide) groups is 1. The fourth-order valence-electron chi connectivity index (χ4n) is 2.48. The molecule has 1 atom stereocenters. The third kappa shape index (κ3) is 3.05. The Morgan fingerprint density at radius 2 is 2.12 bits per heavy atom. The van der Waals surface area contributed by atoms with E-state index in [-0.39, 0.29) is 0 Å². The standard InChI is InChI=1S/C15H23NS/c1-3-17-11-15(16-2)14-10-5-4-9-13(14)12-7-6-8-12/h4-5,9-10,12,15-16H,3,6-8,11H2,1-2H3. The van der Waals surface area contributed by atoms with Gasteiger partial charge in [0.05, 0.1) is 0 Å². The normalized spacial score (nSPS) is 17.8. The first-order chi connectivity index (χ1) is 8.36. The third-order valence-corrected chi connectivity index (χ3v) is 4.73. The van der Waals surface area contributed by atoms with E-state index in [0.29, 0.717) is 6.04 Å². The van der Waals surface area contributed by atoms with Gasteiger partial charge in [-0.2, -0.15) is 11.8 Å². The molecule has 0 saturated heterocycles. The quantitative estimate of drug-likeness (QED) is 0.819. The summed E-state index contributed by atoms with van der Waals surface area (Å²) in [5.74, 6) is 3.20. The van der Waals surface area contributed by atoms with Crippen molar-refractivity contribution < 1.29 is 0 Å². The van der Waals surface area contributed by atoms with Crippen LogP contribution in [-0.2, 0) is 0 Å². The summed E-state index contributed by atoms with van der Waals surface area (Å²) in [6, 6.07) is 9.53. The van der Waals surface area contributed by atoms with Crippen LogP contribution in [0.25, 0.3) is 0 Å². The monoisotopic (exact) mass is 249 g/mol. The minimum atomic E-state index is 0.511. The topological polar surface area (TPSA) is 12.0 Å². The molecule has 94 valence electrons. The molecule has 1 aliphatic rings. The third-order valence-electron chi connectivity index (χ3n) is 3.75. The van der Waals surface area contributed by atoms with Gasteiger partial charge in [-0.3, -0.25) is 0 Å². The highest BCUT2D eigenvalue weighted by Gasteiger charge is 2.24. The number of hydrogen-bond acceptors (Lipinski definition) is 2. The number of hydrogen-bond donors (Lipinski definition) is 1. The molecule has 0 bridgehead atoms. The van der Waals surface area contributed by atoms with E-state index in [1.165, 1.54) is 36.3 Å². The fraction of sp³-hybridized carbons (Fsp3) is 0.600. The molecule has 1 aromatic carbocycles. The van der Waals surface area contributed by atoms with Crippen LogP contribution in [0, 0.1) is 0 Å². The van der Waals surface area contributed by atoms with E-state index in [1.807, 2.05) is 11.8 Å². The molecule has 0 amide bonds. The molecule has 2 heteroatoms. The molecule has 1 unspecified atom stereocenters. The summed E-state index contributed by atoms with van der Waals surface area (Å²) < 4.78 is 0. The molecule has 0 radical (unpaired) electrons. The van der Waals surface area contributed by atoms with Gasteiger partial charge >= 0.3 is 0 Å². The highest BCUT2D eigenvalue weighted by Crippen LogP contribution is 2.39. The van der Waals surface area contributed by atoms with Gasteiger partial charge in [0.2, 0.25) is 0 Å². The van der Waals surface area contributed by atoms with E-state index >= 15 is 0 Å². The van der Waals surface area contributed by atoms with Crippen molar-refractivity contribution in [3.05, 3.63) is 35.4 Å². The van der Waals surface area contributed by atoms with E-state index in [2.05, 4.69) is 43.6 Å². The molecular weight excluding hydrogens is 226 g/mol. The van der Waals surface area contributed by atoms with E-state index in [9.17, 15) is 0 Å². The SMILES string of the molecule is CCSCC(NC)c1ccccc1C1CCC1. The van der Waals surface area contributed by atoms with Gasteiger partial charge in [-0.15, -0.1) is 0 Å². The van der Waals surface area contributed by atoms with Crippen molar-refractivity contribution in [3.8, 4) is 0 Å². The second-order valence-corrected chi connectivity index (χ2v) is 6.08. The van der Waals surface area contributed by atoms with Crippen molar-refractivity contribution in [1.82, 2.24) is 5.32 Å². The zero-order chi connectivity index (χ0) is 12.1.